The molecule has 2 saturated heterocycles. The lowest BCUT2D eigenvalue weighted by atomic mass is 9.89. The number of anilines is 1. The summed E-state index contributed by atoms with van der Waals surface area (Å²) in [5.41, 5.74) is -0.0960. The van der Waals surface area contributed by atoms with Crippen LogP contribution in [0.2, 0.25) is 0 Å². The van der Waals surface area contributed by atoms with E-state index in [1.54, 1.807) is 25.8 Å². The number of aryl methyl sites for hydroxylation is 1. The minimum atomic E-state index is -0.0960. The number of hydrogen-bond donors (Lipinski definition) is 0. The molecule has 2 aliphatic heterocycles. The van der Waals surface area contributed by atoms with Crippen LogP contribution in [0.25, 0.3) is 0 Å². The molecule has 146 valence electrons. The van der Waals surface area contributed by atoms with Crippen molar-refractivity contribution in [2.24, 2.45) is 0 Å². The van der Waals surface area contributed by atoms with Gasteiger partial charge in [0.15, 0.2) is 5.82 Å². The number of piperidine rings is 1. The van der Waals surface area contributed by atoms with Crippen LogP contribution < -0.4 is 9.64 Å². The van der Waals surface area contributed by atoms with Gasteiger partial charge in [0.1, 0.15) is 12.2 Å². The highest BCUT2D eigenvalue weighted by Crippen LogP contribution is 2.34. The Morgan fingerprint density at radius 3 is 2.74 bits per heavy atom. The highest BCUT2D eigenvalue weighted by molar-refractivity contribution is 5.48. The molecular weight excluding hydrogens is 346 g/mol. The Morgan fingerprint density at radius 1 is 1.15 bits per heavy atom. The molecule has 0 aromatic carbocycles. The van der Waals surface area contributed by atoms with Crippen LogP contribution in [0.5, 0.6) is 5.88 Å². The largest absolute Gasteiger partial charge is 0.478 e. The Hall–Kier alpha value is -2.26. The lowest BCUT2D eigenvalue weighted by Gasteiger charge is -2.47. The molecule has 0 unspecified atom stereocenters. The van der Waals surface area contributed by atoms with Gasteiger partial charge >= 0.3 is 0 Å². The Labute approximate surface area is 159 Å². The van der Waals surface area contributed by atoms with Crippen LogP contribution in [0, 0.1) is 0 Å². The zero-order chi connectivity index (χ0) is 18.7. The highest BCUT2D eigenvalue weighted by Gasteiger charge is 2.40. The van der Waals surface area contributed by atoms with Crippen molar-refractivity contribution in [3.8, 4) is 5.88 Å². The maximum Gasteiger partial charge on any atom is 0.257 e. The molecule has 0 saturated carbocycles. The van der Waals surface area contributed by atoms with Gasteiger partial charge in [0.25, 0.3) is 5.88 Å². The van der Waals surface area contributed by atoms with Crippen molar-refractivity contribution < 1.29 is 9.47 Å². The third-order valence-electron chi connectivity index (χ3n) is 5.50. The Bertz CT molecular complexity index is 758. The van der Waals surface area contributed by atoms with Gasteiger partial charge < -0.3 is 14.4 Å². The molecule has 1 spiro atoms. The number of methoxy groups -OCH3 is 1. The van der Waals surface area contributed by atoms with Crippen LogP contribution in [0.3, 0.4) is 0 Å². The van der Waals surface area contributed by atoms with E-state index in [-0.39, 0.29) is 5.60 Å². The lowest BCUT2D eigenvalue weighted by Crippen LogP contribution is -2.56. The van der Waals surface area contributed by atoms with E-state index in [2.05, 4.69) is 36.8 Å². The first kappa shape index (κ1) is 18.1. The molecule has 9 heteroatoms. The summed E-state index contributed by atoms with van der Waals surface area (Å²) in [6, 6.07) is 0. The molecule has 0 amide bonds. The van der Waals surface area contributed by atoms with Gasteiger partial charge in [-0.2, -0.15) is 5.10 Å². The normalized spacial score (nSPS) is 20.1. The van der Waals surface area contributed by atoms with Crippen LogP contribution in [0.1, 0.15) is 25.6 Å². The van der Waals surface area contributed by atoms with Crippen molar-refractivity contribution in [2.75, 3.05) is 44.8 Å². The smallest absolute Gasteiger partial charge is 0.257 e. The van der Waals surface area contributed by atoms with Gasteiger partial charge in [0.05, 0.1) is 25.9 Å². The summed E-state index contributed by atoms with van der Waals surface area (Å²) in [5, 5.41) is 4.28. The molecule has 0 N–H and O–H groups in total. The number of ether oxygens (including phenoxy) is 2. The summed E-state index contributed by atoms with van der Waals surface area (Å²) in [4.78, 5) is 17.8. The van der Waals surface area contributed by atoms with Gasteiger partial charge in [-0.25, -0.2) is 19.6 Å². The minimum Gasteiger partial charge on any atom is -0.478 e. The lowest BCUT2D eigenvalue weighted by molar-refractivity contribution is -0.123. The van der Waals surface area contributed by atoms with Crippen molar-refractivity contribution >= 4 is 5.82 Å². The SMILES string of the molecule is CCn1ncnc1CN1CCOC2(CCN(c3nccnc3OC)CC2)C1. The molecule has 2 aromatic rings. The fourth-order valence-electron chi connectivity index (χ4n) is 4.04. The third-order valence-corrected chi connectivity index (χ3v) is 5.50. The van der Waals surface area contributed by atoms with Crippen molar-refractivity contribution in [3.05, 3.63) is 24.5 Å². The van der Waals surface area contributed by atoms with Gasteiger partial charge in [-0.05, 0) is 19.8 Å². The molecule has 9 nitrogen and oxygen atoms in total. The average Bonchev–Trinajstić information content (AvgIpc) is 3.16. The molecular formula is C18H27N7O2. The quantitative estimate of drug-likeness (QED) is 0.767. The summed E-state index contributed by atoms with van der Waals surface area (Å²) in [6.45, 7) is 8.14. The Balaban J connectivity index is 1.40. The third kappa shape index (κ3) is 3.74. The molecule has 4 heterocycles. The second-order valence-corrected chi connectivity index (χ2v) is 7.11. The fraction of sp³-hybridized carbons (Fsp3) is 0.667. The number of rotatable bonds is 5. The van der Waals surface area contributed by atoms with E-state index in [1.807, 2.05) is 4.68 Å². The van der Waals surface area contributed by atoms with Crippen molar-refractivity contribution in [1.29, 1.82) is 0 Å². The van der Waals surface area contributed by atoms with E-state index in [1.165, 1.54) is 0 Å². The van der Waals surface area contributed by atoms with Crippen LogP contribution in [0.15, 0.2) is 18.7 Å². The van der Waals surface area contributed by atoms with E-state index in [0.29, 0.717) is 5.88 Å². The Kier molecular flexibility index (Phi) is 5.22. The van der Waals surface area contributed by atoms with E-state index in [0.717, 1.165) is 70.4 Å². The summed E-state index contributed by atoms with van der Waals surface area (Å²) >= 11 is 0. The molecule has 27 heavy (non-hydrogen) atoms. The van der Waals surface area contributed by atoms with Crippen molar-refractivity contribution in [2.45, 2.75) is 38.5 Å². The maximum absolute atomic E-state index is 6.27. The molecule has 0 radical (unpaired) electrons. The first-order valence-corrected chi connectivity index (χ1v) is 9.56. The predicted molar refractivity (Wildman–Crippen MR) is 99.7 cm³/mol. The zero-order valence-corrected chi connectivity index (χ0v) is 16.0. The molecule has 0 atom stereocenters. The number of aromatic nitrogens is 5. The van der Waals surface area contributed by atoms with Crippen LogP contribution in [-0.2, 0) is 17.8 Å². The molecule has 2 aliphatic rings. The summed E-state index contributed by atoms with van der Waals surface area (Å²) in [6.07, 6.45) is 6.94. The second-order valence-electron chi connectivity index (χ2n) is 7.11. The van der Waals surface area contributed by atoms with E-state index in [4.69, 9.17) is 9.47 Å². The molecule has 2 aromatic heterocycles. The van der Waals surface area contributed by atoms with Gasteiger partial charge in [0.2, 0.25) is 0 Å². The Morgan fingerprint density at radius 2 is 1.96 bits per heavy atom. The van der Waals surface area contributed by atoms with Gasteiger partial charge in [-0.1, -0.05) is 0 Å². The summed E-state index contributed by atoms with van der Waals surface area (Å²) in [7, 11) is 1.64. The number of hydrogen-bond acceptors (Lipinski definition) is 8. The van der Waals surface area contributed by atoms with Crippen molar-refractivity contribution in [1.82, 2.24) is 29.6 Å². The number of morpholine rings is 1. The van der Waals surface area contributed by atoms with Gasteiger partial charge in [0, 0.05) is 45.1 Å². The standard InChI is InChI=1S/C18H27N7O2/c1-3-25-15(21-14-22-25)12-23-10-11-27-18(13-23)4-8-24(9-5-18)16-17(26-2)20-7-6-19-16/h6-7,14H,3-5,8-13H2,1-2H3. The topological polar surface area (TPSA) is 81.4 Å². The van der Waals surface area contributed by atoms with Crippen LogP contribution in [-0.4, -0.2) is 75.1 Å². The van der Waals surface area contributed by atoms with Crippen LogP contribution >= 0.6 is 0 Å². The fourth-order valence-corrected chi connectivity index (χ4v) is 4.04. The monoisotopic (exact) mass is 373 g/mol. The van der Waals surface area contributed by atoms with Gasteiger partial charge in [-0.3, -0.25) is 4.90 Å². The molecule has 4 rings (SSSR count). The zero-order valence-electron chi connectivity index (χ0n) is 16.0. The number of nitrogens with zero attached hydrogens (tertiary/aromatic N) is 7. The predicted octanol–water partition coefficient (Wildman–Crippen LogP) is 0.968. The summed E-state index contributed by atoms with van der Waals surface area (Å²) in [5.74, 6) is 2.42. The second kappa shape index (κ2) is 7.77. The minimum absolute atomic E-state index is 0.0960. The van der Waals surface area contributed by atoms with Crippen LogP contribution in [0.4, 0.5) is 5.82 Å². The van der Waals surface area contributed by atoms with E-state index >= 15 is 0 Å². The van der Waals surface area contributed by atoms with E-state index < -0.39 is 0 Å². The first-order valence-electron chi connectivity index (χ1n) is 9.56. The van der Waals surface area contributed by atoms with Crippen molar-refractivity contribution in [3.63, 3.8) is 0 Å². The highest BCUT2D eigenvalue weighted by atomic mass is 16.5. The molecule has 0 aliphatic carbocycles. The first-order chi connectivity index (χ1) is 13.2. The summed E-state index contributed by atoms with van der Waals surface area (Å²) < 4.78 is 13.6. The molecule has 0 bridgehead atoms. The van der Waals surface area contributed by atoms with E-state index in [9.17, 15) is 0 Å². The maximum atomic E-state index is 6.27. The van der Waals surface area contributed by atoms with Gasteiger partial charge in [-0.15, -0.1) is 0 Å². The molecule has 2 fully saturated rings. The average molecular weight is 373 g/mol.